The Kier molecular flexibility index (Phi) is 6.12. The lowest BCUT2D eigenvalue weighted by Crippen LogP contribution is -2.29. The van der Waals surface area contributed by atoms with Crippen molar-refractivity contribution in [2.24, 2.45) is 5.92 Å². The molecule has 1 fully saturated rings. The molecule has 3 nitrogen and oxygen atoms in total. The van der Waals surface area contributed by atoms with Crippen molar-refractivity contribution in [2.75, 3.05) is 0 Å². The van der Waals surface area contributed by atoms with Crippen molar-refractivity contribution in [1.82, 2.24) is 5.32 Å². The topological polar surface area (TPSA) is 49.3 Å². The lowest BCUT2D eigenvalue weighted by atomic mass is 9.97. The first-order chi connectivity index (χ1) is 13.9. The summed E-state index contributed by atoms with van der Waals surface area (Å²) in [6.45, 7) is 0.0738. The molecule has 0 spiro atoms. The third-order valence-corrected chi connectivity index (χ3v) is 5.09. The third-order valence-electron chi connectivity index (χ3n) is 5.09. The van der Waals surface area contributed by atoms with E-state index in [2.05, 4.69) is 5.32 Å². The highest BCUT2D eigenvalue weighted by molar-refractivity contribution is 5.79. The number of hydrogen-bond donors (Lipinski definition) is 2. The van der Waals surface area contributed by atoms with Gasteiger partial charge in [-0.3, -0.25) is 4.79 Å². The van der Waals surface area contributed by atoms with E-state index in [1.165, 1.54) is 18.2 Å². The standard InChI is InChI=1S/C21H19F6NO2/c22-20(23,24)16-7-15(8-17(10-16)21(25,26)27)13-3-1-2-12(6-13)11-28-19(30)14-4-5-18(29)9-14/h1-3,6-8,10,14,18,29H,4-5,9,11H2,(H,28,30)/t14?,18-/m1/s1. The summed E-state index contributed by atoms with van der Waals surface area (Å²) in [5, 5.41) is 12.2. The van der Waals surface area contributed by atoms with Crippen LogP contribution in [0.25, 0.3) is 11.1 Å². The molecule has 1 unspecified atom stereocenters. The molecule has 30 heavy (non-hydrogen) atoms. The first kappa shape index (κ1) is 22.1. The number of aliphatic hydroxyl groups is 1. The quantitative estimate of drug-likeness (QED) is 0.657. The van der Waals surface area contributed by atoms with Crippen LogP contribution in [0.3, 0.4) is 0 Å². The second kappa shape index (κ2) is 8.29. The molecule has 0 bridgehead atoms. The predicted molar refractivity (Wildman–Crippen MR) is 97.1 cm³/mol. The lowest BCUT2D eigenvalue weighted by molar-refractivity contribution is -0.143. The molecule has 0 heterocycles. The molecule has 3 rings (SSSR count). The van der Waals surface area contributed by atoms with Gasteiger partial charge in [-0.1, -0.05) is 18.2 Å². The van der Waals surface area contributed by atoms with Gasteiger partial charge in [0.05, 0.1) is 17.2 Å². The molecule has 0 aliphatic heterocycles. The van der Waals surface area contributed by atoms with Gasteiger partial charge < -0.3 is 10.4 Å². The Morgan fingerprint density at radius 1 is 0.933 bits per heavy atom. The number of rotatable bonds is 4. The Morgan fingerprint density at radius 2 is 1.57 bits per heavy atom. The highest BCUT2D eigenvalue weighted by atomic mass is 19.4. The van der Waals surface area contributed by atoms with Gasteiger partial charge in [0.1, 0.15) is 0 Å². The van der Waals surface area contributed by atoms with Crippen LogP contribution in [0.2, 0.25) is 0 Å². The molecule has 2 atom stereocenters. The van der Waals surface area contributed by atoms with Crippen LogP contribution < -0.4 is 5.32 Å². The zero-order chi connectivity index (χ0) is 22.1. The number of hydrogen-bond acceptors (Lipinski definition) is 2. The molecular weight excluding hydrogens is 412 g/mol. The normalized spacial score (nSPS) is 19.7. The summed E-state index contributed by atoms with van der Waals surface area (Å²) < 4.78 is 78.5. The van der Waals surface area contributed by atoms with E-state index in [1.807, 2.05) is 0 Å². The van der Waals surface area contributed by atoms with E-state index in [1.54, 1.807) is 6.07 Å². The molecule has 2 N–H and O–H groups in total. The van der Waals surface area contributed by atoms with Crippen molar-refractivity contribution < 1.29 is 36.2 Å². The van der Waals surface area contributed by atoms with Gasteiger partial charge in [0.2, 0.25) is 5.91 Å². The second-order valence-electron chi connectivity index (χ2n) is 7.38. The van der Waals surface area contributed by atoms with Crippen LogP contribution in [0.1, 0.15) is 36.0 Å². The molecule has 2 aromatic rings. The molecule has 0 saturated heterocycles. The Bertz CT molecular complexity index is 890. The fourth-order valence-corrected chi connectivity index (χ4v) is 3.51. The molecule has 162 valence electrons. The summed E-state index contributed by atoms with van der Waals surface area (Å²) in [6, 6.07) is 7.41. The average molecular weight is 431 g/mol. The maximum atomic E-state index is 13.1. The number of aliphatic hydroxyl groups excluding tert-OH is 1. The van der Waals surface area contributed by atoms with E-state index >= 15 is 0 Å². The summed E-state index contributed by atoms with van der Waals surface area (Å²) in [5.74, 6) is -0.545. The van der Waals surface area contributed by atoms with E-state index in [4.69, 9.17) is 0 Å². The van der Waals surface area contributed by atoms with Crippen molar-refractivity contribution in [1.29, 1.82) is 0 Å². The summed E-state index contributed by atoms with van der Waals surface area (Å²) in [7, 11) is 0. The number of alkyl halides is 6. The van der Waals surface area contributed by atoms with E-state index in [0.717, 1.165) is 0 Å². The fraction of sp³-hybridized carbons (Fsp3) is 0.381. The van der Waals surface area contributed by atoms with Crippen LogP contribution in [-0.4, -0.2) is 17.1 Å². The van der Waals surface area contributed by atoms with Gasteiger partial charge in [0, 0.05) is 12.5 Å². The molecule has 9 heteroatoms. The summed E-state index contributed by atoms with van der Waals surface area (Å²) >= 11 is 0. The summed E-state index contributed by atoms with van der Waals surface area (Å²) in [6.07, 6.45) is -8.87. The summed E-state index contributed by atoms with van der Waals surface area (Å²) in [5.41, 5.74) is -2.28. The highest BCUT2D eigenvalue weighted by Gasteiger charge is 2.37. The van der Waals surface area contributed by atoms with Gasteiger partial charge in [-0.2, -0.15) is 26.3 Å². The lowest BCUT2D eigenvalue weighted by Gasteiger charge is -2.15. The fourth-order valence-electron chi connectivity index (χ4n) is 3.51. The first-order valence-electron chi connectivity index (χ1n) is 9.28. The maximum Gasteiger partial charge on any atom is 0.416 e. The van der Waals surface area contributed by atoms with Crippen LogP contribution in [0.4, 0.5) is 26.3 Å². The van der Waals surface area contributed by atoms with Gasteiger partial charge in [-0.15, -0.1) is 0 Å². The Balaban J connectivity index is 1.83. The Labute approximate surface area is 168 Å². The zero-order valence-corrected chi connectivity index (χ0v) is 15.6. The number of amides is 1. The minimum atomic E-state index is -4.92. The Hall–Kier alpha value is -2.55. The van der Waals surface area contributed by atoms with Gasteiger partial charge in [-0.05, 0) is 60.2 Å². The molecule has 0 radical (unpaired) electrons. The van der Waals surface area contributed by atoms with Crippen LogP contribution in [0.15, 0.2) is 42.5 Å². The van der Waals surface area contributed by atoms with E-state index < -0.39 is 29.6 Å². The van der Waals surface area contributed by atoms with Crippen LogP contribution in [0, 0.1) is 5.92 Å². The monoisotopic (exact) mass is 431 g/mol. The molecule has 1 saturated carbocycles. The van der Waals surface area contributed by atoms with Crippen LogP contribution in [-0.2, 0) is 23.7 Å². The minimum absolute atomic E-state index is 0.0738. The second-order valence-corrected chi connectivity index (χ2v) is 7.38. The van der Waals surface area contributed by atoms with Crippen LogP contribution >= 0.6 is 0 Å². The van der Waals surface area contributed by atoms with Crippen molar-refractivity contribution in [2.45, 2.75) is 44.3 Å². The van der Waals surface area contributed by atoms with Crippen LogP contribution in [0.5, 0.6) is 0 Å². The predicted octanol–water partition coefficient (Wildman–Crippen LogP) is 5.17. The SMILES string of the molecule is O=C(NCc1cccc(-c2cc(C(F)(F)F)cc(C(F)(F)F)c2)c1)C1CC[C@@H](O)C1. The van der Waals surface area contributed by atoms with Gasteiger partial charge in [-0.25, -0.2) is 0 Å². The highest BCUT2D eigenvalue weighted by Crippen LogP contribution is 2.38. The number of nitrogens with one attached hydrogen (secondary N) is 1. The minimum Gasteiger partial charge on any atom is -0.393 e. The maximum absolute atomic E-state index is 13.1. The molecule has 2 aromatic carbocycles. The van der Waals surface area contributed by atoms with Crippen molar-refractivity contribution in [3.05, 3.63) is 59.2 Å². The smallest absolute Gasteiger partial charge is 0.393 e. The number of halogens is 6. The number of benzene rings is 2. The van der Waals surface area contributed by atoms with E-state index in [0.29, 0.717) is 37.0 Å². The largest absolute Gasteiger partial charge is 0.416 e. The molecule has 1 amide bonds. The summed E-state index contributed by atoms with van der Waals surface area (Å²) in [4.78, 5) is 12.2. The van der Waals surface area contributed by atoms with Gasteiger partial charge in [0.15, 0.2) is 0 Å². The number of carbonyl (C=O) groups is 1. The average Bonchev–Trinajstić information content (AvgIpc) is 3.11. The molecule has 1 aliphatic rings. The van der Waals surface area contributed by atoms with E-state index in [-0.39, 0.29) is 35.6 Å². The number of carbonyl (C=O) groups excluding carboxylic acids is 1. The molecule has 0 aromatic heterocycles. The Morgan fingerprint density at radius 3 is 2.10 bits per heavy atom. The van der Waals surface area contributed by atoms with Gasteiger partial charge in [0.25, 0.3) is 0 Å². The molecule has 1 aliphatic carbocycles. The zero-order valence-electron chi connectivity index (χ0n) is 15.6. The first-order valence-corrected chi connectivity index (χ1v) is 9.28. The van der Waals surface area contributed by atoms with Crippen molar-refractivity contribution >= 4 is 5.91 Å². The van der Waals surface area contributed by atoms with Crippen molar-refractivity contribution in [3.8, 4) is 11.1 Å². The van der Waals surface area contributed by atoms with E-state index in [9.17, 15) is 36.2 Å². The third kappa shape index (κ3) is 5.33. The molecular formula is C21H19F6NO2. The van der Waals surface area contributed by atoms with Crippen molar-refractivity contribution in [3.63, 3.8) is 0 Å². The van der Waals surface area contributed by atoms with Gasteiger partial charge >= 0.3 is 12.4 Å².